The number of aliphatic hydroxyl groups excluding tert-OH is 1. The molecule has 66 valence electrons. The zero-order valence-electron chi connectivity index (χ0n) is 6.53. The number of hydrogen-bond donors (Lipinski definition) is 1. The van der Waals surface area contributed by atoms with Crippen LogP contribution in [0.3, 0.4) is 0 Å². The van der Waals surface area contributed by atoms with Gasteiger partial charge in [0, 0.05) is 23.8 Å². The molecule has 1 aliphatic heterocycles. The van der Waals surface area contributed by atoms with E-state index < -0.39 is 0 Å². The van der Waals surface area contributed by atoms with Gasteiger partial charge in [-0.2, -0.15) is 0 Å². The van der Waals surface area contributed by atoms with Gasteiger partial charge in [0.05, 0.1) is 0 Å². The van der Waals surface area contributed by atoms with Crippen LogP contribution in [0.15, 0.2) is 10.8 Å². The highest BCUT2D eigenvalue weighted by Crippen LogP contribution is 2.35. The number of hydrogen-bond acceptors (Lipinski definition) is 4. The monoisotopic (exact) mass is 186 g/mol. The Morgan fingerprint density at radius 1 is 1.50 bits per heavy atom. The Balaban J connectivity index is 2.05. The minimum atomic E-state index is 0.0112. The van der Waals surface area contributed by atoms with Gasteiger partial charge in [0.1, 0.15) is 12.7 Å². The van der Waals surface area contributed by atoms with Crippen molar-refractivity contribution in [1.82, 2.24) is 0 Å². The van der Waals surface area contributed by atoms with Gasteiger partial charge in [-0.15, -0.1) is 11.3 Å². The first-order valence-corrected chi connectivity index (χ1v) is 4.81. The minimum absolute atomic E-state index is 0.0112. The van der Waals surface area contributed by atoms with E-state index in [1.54, 1.807) is 11.3 Å². The van der Waals surface area contributed by atoms with E-state index in [9.17, 15) is 0 Å². The molecule has 1 aromatic rings. The summed E-state index contributed by atoms with van der Waals surface area (Å²) >= 11 is 1.56. The average Bonchev–Trinajstić information content (AvgIpc) is 2.51. The molecule has 1 N–H and O–H groups in total. The van der Waals surface area contributed by atoms with Gasteiger partial charge in [0.2, 0.25) is 0 Å². The fraction of sp³-hybridized carbons (Fsp3) is 0.500. The SMILES string of the molecule is OCCC1COc2cscc2O1. The van der Waals surface area contributed by atoms with Gasteiger partial charge in [0.25, 0.3) is 0 Å². The molecule has 4 heteroatoms. The van der Waals surface area contributed by atoms with Crippen molar-refractivity contribution in [3.05, 3.63) is 10.8 Å². The largest absolute Gasteiger partial charge is 0.485 e. The van der Waals surface area contributed by atoms with Crippen LogP contribution >= 0.6 is 11.3 Å². The Kier molecular flexibility index (Phi) is 2.19. The average molecular weight is 186 g/mol. The van der Waals surface area contributed by atoms with E-state index in [4.69, 9.17) is 14.6 Å². The molecule has 2 rings (SSSR count). The van der Waals surface area contributed by atoms with Crippen molar-refractivity contribution >= 4 is 11.3 Å². The first kappa shape index (κ1) is 7.89. The molecule has 0 spiro atoms. The third-order valence-corrected chi connectivity index (χ3v) is 2.46. The molecule has 3 nitrogen and oxygen atoms in total. The van der Waals surface area contributed by atoms with Crippen LogP contribution in [0.4, 0.5) is 0 Å². The Morgan fingerprint density at radius 3 is 3.17 bits per heavy atom. The second-order valence-electron chi connectivity index (χ2n) is 2.66. The molecular formula is C8H10O3S. The Morgan fingerprint density at radius 2 is 2.33 bits per heavy atom. The smallest absolute Gasteiger partial charge is 0.172 e. The lowest BCUT2D eigenvalue weighted by Gasteiger charge is -2.23. The van der Waals surface area contributed by atoms with Crippen molar-refractivity contribution in [2.24, 2.45) is 0 Å². The predicted molar refractivity (Wildman–Crippen MR) is 45.9 cm³/mol. The van der Waals surface area contributed by atoms with Crippen molar-refractivity contribution in [3.8, 4) is 11.5 Å². The maximum atomic E-state index is 8.68. The number of thiophene rings is 1. The predicted octanol–water partition coefficient (Wildman–Crippen LogP) is 1.27. The Hall–Kier alpha value is -0.740. The molecular weight excluding hydrogens is 176 g/mol. The van der Waals surface area contributed by atoms with Crippen molar-refractivity contribution in [1.29, 1.82) is 0 Å². The lowest BCUT2D eigenvalue weighted by Crippen LogP contribution is -2.29. The van der Waals surface area contributed by atoms with Crippen LogP contribution in [-0.2, 0) is 0 Å². The van der Waals surface area contributed by atoms with Gasteiger partial charge in [-0.3, -0.25) is 0 Å². The van der Waals surface area contributed by atoms with Crippen molar-refractivity contribution in [3.63, 3.8) is 0 Å². The molecule has 12 heavy (non-hydrogen) atoms. The lowest BCUT2D eigenvalue weighted by atomic mass is 10.2. The van der Waals surface area contributed by atoms with Crippen molar-refractivity contribution < 1.29 is 14.6 Å². The Bertz CT molecular complexity index is 259. The van der Waals surface area contributed by atoms with Gasteiger partial charge in [-0.1, -0.05) is 0 Å². The second-order valence-corrected chi connectivity index (χ2v) is 3.41. The summed E-state index contributed by atoms with van der Waals surface area (Å²) < 4.78 is 10.9. The number of rotatable bonds is 2. The molecule has 0 amide bonds. The van der Waals surface area contributed by atoms with Crippen molar-refractivity contribution in [2.45, 2.75) is 12.5 Å². The molecule has 1 aliphatic rings. The first-order chi connectivity index (χ1) is 5.90. The summed E-state index contributed by atoms with van der Waals surface area (Å²) in [6.45, 7) is 0.692. The van der Waals surface area contributed by atoms with E-state index in [1.807, 2.05) is 10.8 Å². The summed E-state index contributed by atoms with van der Waals surface area (Å²) in [7, 11) is 0. The number of ether oxygens (including phenoxy) is 2. The van der Waals surface area contributed by atoms with Crippen LogP contribution in [-0.4, -0.2) is 24.4 Å². The Labute approximate surface area is 74.5 Å². The van der Waals surface area contributed by atoms with Gasteiger partial charge >= 0.3 is 0 Å². The van der Waals surface area contributed by atoms with Gasteiger partial charge in [-0.05, 0) is 0 Å². The van der Waals surface area contributed by atoms with E-state index in [0.29, 0.717) is 13.0 Å². The normalized spacial score (nSPS) is 20.9. The molecule has 0 fully saturated rings. The summed E-state index contributed by atoms with van der Waals surface area (Å²) in [6.07, 6.45) is 0.645. The van der Waals surface area contributed by atoms with E-state index >= 15 is 0 Å². The third-order valence-electron chi connectivity index (χ3n) is 1.76. The topological polar surface area (TPSA) is 38.7 Å². The van der Waals surface area contributed by atoms with E-state index in [1.165, 1.54) is 0 Å². The fourth-order valence-corrected chi connectivity index (χ4v) is 1.82. The lowest BCUT2D eigenvalue weighted by molar-refractivity contribution is 0.0716. The molecule has 1 unspecified atom stereocenters. The quantitative estimate of drug-likeness (QED) is 0.756. The zero-order valence-corrected chi connectivity index (χ0v) is 7.34. The van der Waals surface area contributed by atoms with Crippen LogP contribution in [0.1, 0.15) is 6.42 Å². The molecule has 2 heterocycles. The third kappa shape index (κ3) is 1.40. The number of aliphatic hydroxyl groups is 1. The van der Waals surface area contributed by atoms with Crippen LogP contribution < -0.4 is 9.47 Å². The minimum Gasteiger partial charge on any atom is -0.485 e. The summed E-state index contributed by atoms with van der Waals surface area (Å²) in [5.41, 5.74) is 0. The molecule has 0 bridgehead atoms. The summed E-state index contributed by atoms with van der Waals surface area (Å²) in [6, 6.07) is 0. The number of fused-ring (bicyclic) bond motifs is 1. The highest BCUT2D eigenvalue weighted by atomic mass is 32.1. The van der Waals surface area contributed by atoms with Crippen LogP contribution in [0.25, 0.3) is 0 Å². The highest BCUT2D eigenvalue weighted by Gasteiger charge is 2.20. The molecule has 0 saturated carbocycles. The van der Waals surface area contributed by atoms with Crippen LogP contribution in [0.2, 0.25) is 0 Å². The molecule has 0 aliphatic carbocycles. The molecule has 1 atom stereocenters. The summed E-state index contributed by atoms with van der Waals surface area (Å²) in [5, 5.41) is 12.5. The summed E-state index contributed by atoms with van der Waals surface area (Å²) in [5.74, 6) is 1.64. The second kappa shape index (κ2) is 3.33. The molecule has 0 aromatic carbocycles. The fourth-order valence-electron chi connectivity index (χ4n) is 1.15. The molecule has 0 radical (unpaired) electrons. The van der Waals surface area contributed by atoms with Crippen LogP contribution in [0.5, 0.6) is 11.5 Å². The zero-order chi connectivity index (χ0) is 8.39. The van der Waals surface area contributed by atoms with Gasteiger partial charge < -0.3 is 14.6 Å². The highest BCUT2D eigenvalue weighted by molar-refractivity contribution is 7.08. The van der Waals surface area contributed by atoms with Crippen LogP contribution in [0, 0.1) is 0 Å². The van der Waals surface area contributed by atoms with E-state index in [0.717, 1.165) is 11.5 Å². The van der Waals surface area contributed by atoms with Gasteiger partial charge in [-0.25, -0.2) is 0 Å². The van der Waals surface area contributed by atoms with E-state index in [2.05, 4.69) is 0 Å². The first-order valence-electron chi connectivity index (χ1n) is 3.86. The molecule has 0 saturated heterocycles. The maximum absolute atomic E-state index is 8.68. The van der Waals surface area contributed by atoms with Gasteiger partial charge in [0.15, 0.2) is 11.5 Å². The van der Waals surface area contributed by atoms with Crippen molar-refractivity contribution in [2.75, 3.05) is 13.2 Å². The van der Waals surface area contributed by atoms with E-state index in [-0.39, 0.29) is 12.7 Å². The molecule has 1 aromatic heterocycles. The summed E-state index contributed by atoms with van der Waals surface area (Å²) in [4.78, 5) is 0. The standard InChI is InChI=1S/C8H10O3S/c9-2-1-6-3-10-7-4-12-5-8(7)11-6/h4-6,9H,1-3H2. The maximum Gasteiger partial charge on any atom is 0.172 e.